The van der Waals surface area contributed by atoms with E-state index in [0.717, 1.165) is 55.5 Å². The molecule has 1 saturated heterocycles. The number of carbonyl (C=O) groups is 1. The van der Waals surface area contributed by atoms with Crippen molar-refractivity contribution in [3.05, 3.63) is 46.2 Å². The van der Waals surface area contributed by atoms with Crippen LogP contribution in [0.2, 0.25) is 10.0 Å². The summed E-state index contributed by atoms with van der Waals surface area (Å²) < 4.78 is 0. The van der Waals surface area contributed by atoms with Crippen molar-refractivity contribution < 1.29 is 4.79 Å². The summed E-state index contributed by atoms with van der Waals surface area (Å²) in [6.07, 6.45) is 7.77. The molecule has 3 aromatic rings. The molecule has 2 aromatic heterocycles. The number of aromatic amines is 1. The summed E-state index contributed by atoms with van der Waals surface area (Å²) in [5.41, 5.74) is 3.95. The Morgan fingerprint density at radius 1 is 1.21 bits per heavy atom. The second-order valence-corrected chi connectivity index (χ2v) is 10.4. The monoisotopic (exact) mass is 500 g/mol. The van der Waals surface area contributed by atoms with Gasteiger partial charge in [0.25, 0.3) is 0 Å². The fourth-order valence-corrected chi connectivity index (χ4v) is 5.46. The highest BCUT2D eigenvalue weighted by Crippen LogP contribution is 2.36. The summed E-state index contributed by atoms with van der Waals surface area (Å²) in [4.78, 5) is 20.4. The first-order chi connectivity index (χ1) is 16.4. The van der Waals surface area contributed by atoms with Crippen molar-refractivity contribution in [1.82, 2.24) is 20.5 Å². The number of aromatic nitrogens is 3. The maximum absolute atomic E-state index is 13.5. The number of anilines is 2. The SMILES string of the molecule is CCc1cnc2[nH]ncc2c1N1CCC(C)C(NC(=O)C(Nc2cc(Cl)cc(Cl)c2)C2CC2)C1. The van der Waals surface area contributed by atoms with Crippen molar-refractivity contribution in [3.63, 3.8) is 0 Å². The van der Waals surface area contributed by atoms with Gasteiger partial charge in [-0.3, -0.25) is 9.89 Å². The number of carbonyl (C=O) groups excluding carboxylic acids is 1. The molecule has 1 saturated carbocycles. The van der Waals surface area contributed by atoms with Crippen LogP contribution in [0.4, 0.5) is 11.4 Å². The minimum absolute atomic E-state index is 0.0381. The fraction of sp³-hybridized carbons (Fsp3) is 0.480. The number of rotatable bonds is 7. The molecular weight excluding hydrogens is 471 g/mol. The zero-order chi connectivity index (χ0) is 23.8. The van der Waals surface area contributed by atoms with E-state index in [0.29, 0.717) is 21.9 Å². The van der Waals surface area contributed by atoms with Crippen LogP contribution in [0.5, 0.6) is 0 Å². The van der Waals surface area contributed by atoms with E-state index in [1.165, 1.54) is 11.3 Å². The molecule has 180 valence electrons. The van der Waals surface area contributed by atoms with Crippen LogP contribution >= 0.6 is 23.2 Å². The van der Waals surface area contributed by atoms with E-state index >= 15 is 0 Å². The molecule has 3 heterocycles. The van der Waals surface area contributed by atoms with E-state index < -0.39 is 0 Å². The van der Waals surface area contributed by atoms with Gasteiger partial charge in [0.05, 0.1) is 17.3 Å². The number of hydrogen-bond acceptors (Lipinski definition) is 5. The van der Waals surface area contributed by atoms with Gasteiger partial charge in [0.15, 0.2) is 5.65 Å². The molecule has 0 bridgehead atoms. The minimum Gasteiger partial charge on any atom is -0.373 e. The highest BCUT2D eigenvalue weighted by Gasteiger charge is 2.38. The molecule has 1 amide bonds. The smallest absolute Gasteiger partial charge is 0.243 e. The molecule has 1 aromatic carbocycles. The molecule has 2 aliphatic rings. The predicted molar refractivity (Wildman–Crippen MR) is 138 cm³/mol. The number of benzene rings is 1. The van der Waals surface area contributed by atoms with Gasteiger partial charge in [-0.25, -0.2) is 4.98 Å². The van der Waals surface area contributed by atoms with Crippen molar-refractivity contribution in [1.29, 1.82) is 0 Å². The number of aryl methyl sites for hydroxylation is 1. The summed E-state index contributed by atoms with van der Waals surface area (Å²) in [6, 6.07) is 5.07. The minimum atomic E-state index is -0.301. The number of H-pyrrole nitrogens is 1. The van der Waals surface area contributed by atoms with E-state index in [1.54, 1.807) is 6.07 Å². The lowest BCUT2D eigenvalue weighted by Gasteiger charge is -2.40. The molecule has 3 atom stereocenters. The number of halogens is 2. The van der Waals surface area contributed by atoms with Crippen LogP contribution in [0.1, 0.15) is 38.7 Å². The van der Waals surface area contributed by atoms with Crippen LogP contribution in [0.15, 0.2) is 30.6 Å². The second-order valence-electron chi connectivity index (χ2n) is 9.56. The molecule has 34 heavy (non-hydrogen) atoms. The zero-order valence-corrected chi connectivity index (χ0v) is 21.0. The average Bonchev–Trinajstić information content (AvgIpc) is 3.53. The molecule has 3 N–H and O–H groups in total. The van der Waals surface area contributed by atoms with Gasteiger partial charge in [0, 0.05) is 41.1 Å². The topological polar surface area (TPSA) is 85.9 Å². The van der Waals surface area contributed by atoms with Gasteiger partial charge < -0.3 is 15.5 Å². The molecule has 5 rings (SSSR count). The van der Waals surface area contributed by atoms with Gasteiger partial charge >= 0.3 is 0 Å². The van der Waals surface area contributed by atoms with Crippen LogP contribution in [-0.4, -0.2) is 46.3 Å². The van der Waals surface area contributed by atoms with Gasteiger partial charge in [0.1, 0.15) is 6.04 Å². The Morgan fingerprint density at radius 2 is 1.97 bits per heavy atom. The lowest BCUT2D eigenvalue weighted by atomic mass is 9.92. The summed E-state index contributed by atoms with van der Waals surface area (Å²) in [7, 11) is 0. The maximum atomic E-state index is 13.5. The van der Waals surface area contributed by atoms with Crippen LogP contribution < -0.4 is 15.5 Å². The van der Waals surface area contributed by atoms with Crippen LogP contribution in [0, 0.1) is 11.8 Å². The Morgan fingerprint density at radius 3 is 2.68 bits per heavy atom. The molecule has 1 aliphatic heterocycles. The normalized spacial score (nSPS) is 21.5. The number of hydrogen-bond donors (Lipinski definition) is 3. The van der Waals surface area contributed by atoms with Gasteiger partial charge in [0.2, 0.25) is 5.91 Å². The highest BCUT2D eigenvalue weighted by atomic mass is 35.5. The number of amides is 1. The molecule has 0 spiro atoms. The molecule has 0 radical (unpaired) electrons. The van der Waals surface area contributed by atoms with Crippen molar-refractivity contribution in [2.75, 3.05) is 23.3 Å². The first-order valence-electron chi connectivity index (χ1n) is 12.0. The Kier molecular flexibility index (Phi) is 6.58. The van der Waals surface area contributed by atoms with E-state index in [-0.39, 0.29) is 18.0 Å². The fourth-order valence-electron chi connectivity index (χ4n) is 4.94. The number of pyridine rings is 1. The number of fused-ring (bicyclic) bond motifs is 1. The predicted octanol–water partition coefficient (Wildman–Crippen LogP) is 5.05. The van der Waals surface area contributed by atoms with Crippen molar-refractivity contribution >= 4 is 51.5 Å². The third kappa shape index (κ3) is 4.82. The Bertz CT molecular complexity index is 1170. The van der Waals surface area contributed by atoms with Crippen LogP contribution in [-0.2, 0) is 11.2 Å². The van der Waals surface area contributed by atoms with Gasteiger partial charge in [-0.05, 0) is 61.3 Å². The largest absolute Gasteiger partial charge is 0.373 e. The maximum Gasteiger partial charge on any atom is 0.243 e. The third-order valence-electron chi connectivity index (χ3n) is 7.07. The zero-order valence-electron chi connectivity index (χ0n) is 19.4. The van der Waals surface area contributed by atoms with E-state index in [1.807, 2.05) is 24.5 Å². The quantitative estimate of drug-likeness (QED) is 0.422. The molecule has 2 fully saturated rings. The summed E-state index contributed by atoms with van der Waals surface area (Å²) in [5.74, 6) is 0.744. The van der Waals surface area contributed by atoms with E-state index in [4.69, 9.17) is 23.2 Å². The number of nitrogens with one attached hydrogen (secondary N) is 3. The highest BCUT2D eigenvalue weighted by molar-refractivity contribution is 6.35. The van der Waals surface area contributed by atoms with Gasteiger partial charge in [-0.1, -0.05) is 37.0 Å². The summed E-state index contributed by atoms with van der Waals surface area (Å²) >= 11 is 12.3. The van der Waals surface area contributed by atoms with Gasteiger partial charge in [-0.2, -0.15) is 5.10 Å². The third-order valence-corrected chi connectivity index (χ3v) is 7.51. The Labute approximate surface area is 209 Å². The summed E-state index contributed by atoms with van der Waals surface area (Å²) in [5, 5.41) is 16.1. The number of nitrogens with zero attached hydrogens (tertiary/aromatic N) is 3. The lowest BCUT2D eigenvalue weighted by molar-refractivity contribution is -0.123. The first kappa shape index (κ1) is 23.2. The number of piperidine rings is 1. The Balaban J connectivity index is 1.34. The molecular formula is C25H30Cl2N6O. The summed E-state index contributed by atoms with van der Waals surface area (Å²) in [6.45, 7) is 6.06. The van der Waals surface area contributed by atoms with Gasteiger partial charge in [-0.15, -0.1) is 0 Å². The molecule has 7 nitrogen and oxygen atoms in total. The lowest BCUT2D eigenvalue weighted by Crippen LogP contribution is -2.55. The van der Waals surface area contributed by atoms with E-state index in [2.05, 4.69) is 44.6 Å². The van der Waals surface area contributed by atoms with Crippen LogP contribution in [0.3, 0.4) is 0 Å². The average molecular weight is 501 g/mol. The molecule has 1 aliphatic carbocycles. The van der Waals surface area contributed by atoms with Crippen LogP contribution in [0.25, 0.3) is 11.0 Å². The Hall–Kier alpha value is -2.51. The van der Waals surface area contributed by atoms with Crippen molar-refractivity contribution in [2.24, 2.45) is 11.8 Å². The van der Waals surface area contributed by atoms with E-state index in [9.17, 15) is 4.79 Å². The van der Waals surface area contributed by atoms with Crippen molar-refractivity contribution in [3.8, 4) is 0 Å². The second kappa shape index (κ2) is 9.62. The standard InChI is InChI=1S/C25H30Cl2N6O/c1-3-15-11-28-24-20(12-29-32-24)23(15)33-7-6-14(2)21(13-33)31-25(34)22(16-4-5-16)30-19-9-17(26)8-18(27)10-19/h8-12,14,16,21-22,30H,3-7,13H2,1-2H3,(H,31,34)(H,28,29,32). The molecule has 9 heteroatoms. The first-order valence-corrected chi connectivity index (χ1v) is 12.8. The molecule has 3 unspecified atom stereocenters. The van der Waals surface area contributed by atoms with Crippen molar-refractivity contribution in [2.45, 2.75) is 51.6 Å².